The Morgan fingerprint density at radius 2 is 1.91 bits per heavy atom. The van der Waals surface area contributed by atoms with E-state index in [1.165, 1.54) is 0 Å². The Morgan fingerprint density at radius 3 is 2.61 bits per heavy atom. The molecule has 0 bridgehead atoms. The minimum Gasteiger partial charge on any atom is -0.336 e. The lowest BCUT2D eigenvalue weighted by molar-refractivity contribution is 0.418. The van der Waals surface area contributed by atoms with Crippen molar-refractivity contribution >= 4 is 11.1 Å². The summed E-state index contributed by atoms with van der Waals surface area (Å²) in [6, 6.07) is 2.26. The summed E-state index contributed by atoms with van der Waals surface area (Å²) in [5, 5.41) is 12.1. The predicted octanol–water partition coefficient (Wildman–Crippen LogP) is 2.86. The molecule has 0 saturated heterocycles. The second kappa shape index (κ2) is 6.08. The van der Waals surface area contributed by atoms with E-state index in [2.05, 4.69) is 46.4 Å². The van der Waals surface area contributed by atoms with E-state index in [-0.39, 0.29) is 12.0 Å². The first-order chi connectivity index (χ1) is 11.0. The van der Waals surface area contributed by atoms with E-state index in [1.54, 1.807) is 0 Å². The van der Waals surface area contributed by atoms with E-state index >= 15 is 0 Å². The van der Waals surface area contributed by atoms with Crippen LogP contribution in [0.3, 0.4) is 0 Å². The lowest BCUT2D eigenvalue weighted by Gasteiger charge is -2.06. The summed E-state index contributed by atoms with van der Waals surface area (Å²) in [5.41, 5.74) is 3.01. The van der Waals surface area contributed by atoms with Gasteiger partial charge in [0.05, 0.1) is 16.6 Å². The third kappa shape index (κ3) is 2.96. The summed E-state index contributed by atoms with van der Waals surface area (Å²) < 4.78 is 10.8. The molecule has 0 amide bonds. The summed E-state index contributed by atoms with van der Waals surface area (Å²) in [6.45, 7) is 8.11. The number of hydrogen-bond donors (Lipinski definition) is 1. The molecule has 1 atom stereocenters. The number of hydrogen-bond acceptors (Lipinski definition) is 7. The lowest BCUT2D eigenvalue weighted by Crippen LogP contribution is -2.24. The molecule has 7 nitrogen and oxygen atoms in total. The molecule has 3 aromatic rings. The van der Waals surface area contributed by atoms with Crippen molar-refractivity contribution in [2.24, 2.45) is 0 Å². The van der Waals surface area contributed by atoms with Gasteiger partial charge in [-0.2, -0.15) is 4.98 Å². The number of fused-ring (bicyclic) bond motifs is 1. The van der Waals surface area contributed by atoms with Crippen molar-refractivity contribution in [2.45, 2.75) is 46.1 Å². The monoisotopic (exact) mass is 315 g/mol. The SMILES string of the molecule is CNC(C)Cc1noc(-c2cc(C(C)C)nc3onc(C)c23)n1. The molecule has 0 spiro atoms. The number of aromatic nitrogens is 4. The second-order valence-corrected chi connectivity index (χ2v) is 6.11. The zero-order chi connectivity index (χ0) is 16.6. The highest BCUT2D eigenvalue weighted by molar-refractivity contribution is 5.91. The minimum atomic E-state index is 0.260. The van der Waals surface area contributed by atoms with Crippen LogP contribution in [0.15, 0.2) is 15.1 Å². The number of nitrogens with zero attached hydrogens (tertiary/aromatic N) is 4. The van der Waals surface area contributed by atoms with Crippen LogP contribution in [-0.2, 0) is 6.42 Å². The average Bonchev–Trinajstić information content (AvgIpc) is 3.13. The summed E-state index contributed by atoms with van der Waals surface area (Å²) in [6.07, 6.45) is 0.702. The van der Waals surface area contributed by atoms with E-state index in [1.807, 2.05) is 20.0 Å². The fourth-order valence-corrected chi connectivity index (χ4v) is 2.40. The Balaban J connectivity index is 2.09. The highest BCUT2D eigenvalue weighted by atomic mass is 16.5. The molecule has 122 valence electrons. The topological polar surface area (TPSA) is 89.9 Å². The maximum atomic E-state index is 5.48. The molecule has 0 radical (unpaired) electrons. The van der Waals surface area contributed by atoms with Gasteiger partial charge in [0.15, 0.2) is 5.82 Å². The molecule has 0 saturated carbocycles. The van der Waals surface area contributed by atoms with Gasteiger partial charge in [0, 0.05) is 18.2 Å². The first kappa shape index (κ1) is 15.6. The maximum absolute atomic E-state index is 5.48. The minimum absolute atomic E-state index is 0.260. The summed E-state index contributed by atoms with van der Waals surface area (Å²) >= 11 is 0. The van der Waals surface area contributed by atoms with Crippen LogP contribution in [0.2, 0.25) is 0 Å². The Labute approximate surface area is 134 Å². The van der Waals surface area contributed by atoms with Crippen LogP contribution < -0.4 is 5.32 Å². The maximum Gasteiger partial charge on any atom is 0.259 e. The van der Waals surface area contributed by atoms with Crippen molar-refractivity contribution in [3.63, 3.8) is 0 Å². The first-order valence-corrected chi connectivity index (χ1v) is 7.76. The molecule has 0 fully saturated rings. The van der Waals surface area contributed by atoms with Gasteiger partial charge in [0.25, 0.3) is 11.6 Å². The van der Waals surface area contributed by atoms with Gasteiger partial charge in [0.2, 0.25) is 0 Å². The molecular weight excluding hydrogens is 294 g/mol. The third-order valence-corrected chi connectivity index (χ3v) is 3.91. The Morgan fingerprint density at radius 1 is 1.13 bits per heavy atom. The van der Waals surface area contributed by atoms with Crippen molar-refractivity contribution < 1.29 is 9.05 Å². The van der Waals surface area contributed by atoms with Gasteiger partial charge in [0.1, 0.15) is 0 Å². The van der Waals surface area contributed by atoms with Crippen LogP contribution >= 0.6 is 0 Å². The molecule has 0 aliphatic heterocycles. The van der Waals surface area contributed by atoms with Crippen LogP contribution in [0.4, 0.5) is 0 Å². The number of nitrogens with one attached hydrogen (secondary N) is 1. The van der Waals surface area contributed by atoms with Gasteiger partial charge in [-0.15, -0.1) is 0 Å². The number of rotatable bonds is 5. The van der Waals surface area contributed by atoms with Crippen molar-refractivity contribution in [3.8, 4) is 11.5 Å². The molecule has 0 aromatic carbocycles. The van der Waals surface area contributed by atoms with E-state index in [4.69, 9.17) is 9.05 Å². The molecule has 1 unspecified atom stereocenters. The molecule has 7 heteroatoms. The highest BCUT2D eigenvalue weighted by Gasteiger charge is 2.20. The zero-order valence-corrected chi connectivity index (χ0v) is 14.0. The molecule has 23 heavy (non-hydrogen) atoms. The number of pyridine rings is 1. The van der Waals surface area contributed by atoms with Gasteiger partial charge in [-0.05, 0) is 32.9 Å². The van der Waals surface area contributed by atoms with Gasteiger partial charge >= 0.3 is 0 Å². The van der Waals surface area contributed by atoms with Gasteiger partial charge in [-0.3, -0.25) is 0 Å². The zero-order valence-electron chi connectivity index (χ0n) is 14.0. The molecular formula is C16H21N5O2. The molecule has 0 aliphatic carbocycles. The number of likely N-dealkylation sites (N-methyl/N-ethyl adjacent to an activating group) is 1. The number of aryl methyl sites for hydroxylation is 1. The summed E-state index contributed by atoms with van der Waals surface area (Å²) in [5.74, 6) is 1.41. The summed E-state index contributed by atoms with van der Waals surface area (Å²) in [4.78, 5) is 9.05. The largest absolute Gasteiger partial charge is 0.336 e. The molecule has 3 rings (SSSR count). The molecule has 1 N–H and O–H groups in total. The molecule has 0 aliphatic rings. The third-order valence-electron chi connectivity index (χ3n) is 3.91. The smallest absolute Gasteiger partial charge is 0.259 e. The van der Waals surface area contributed by atoms with Crippen molar-refractivity contribution in [1.82, 2.24) is 25.6 Å². The normalized spacial score (nSPS) is 13.1. The molecule has 3 aromatic heterocycles. The first-order valence-electron chi connectivity index (χ1n) is 7.76. The molecule has 3 heterocycles. The Kier molecular flexibility index (Phi) is 4.12. The Hall–Kier alpha value is -2.28. The van der Waals surface area contributed by atoms with E-state index in [0.717, 1.165) is 22.3 Å². The second-order valence-electron chi connectivity index (χ2n) is 6.11. The fraction of sp³-hybridized carbons (Fsp3) is 0.500. The van der Waals surface area contributed by atoms with Gasteiger partial charge in [-0.1, -0.05) is 24.2 Å². The van der Waals surface area contributed by atoms with Crippen molar-refractivity contribution in [3.05, 3.63) is 23.3 Å². The van der Waals surface area contributed by atoms with Crippen LogP contribution in [0.5, 0.6) is 0 Å². The van der Waals surface area contributed by atoms with E-state index < -0.39 is 0 Å². The van der Waals surface area contributed by atoms with Gasteiger partial charge < -0.3 is 14.4 Å². The van der Waals surface area contributed by atoms with Crippen LogP contribution in [0.25, 0.3) is 22.6 Å². The standard InChI is InChI=1S/C16H21N5O2/c1-8(2)12-7-11(14-10(4)20-23-16(14)18-12)15-19-13(21-22-15)6-9(3)17-5/h7-9,17H,6H2,1-5H3. The fourth-order valence-electron chi connectivity index (χ4n) is 2.40. The quantitative estimate of drug-likeness (QED) is 0.774. The highest BCUT2D eigenvalue weighted by Crippen LogP contribution is 2.31. The summed E-state index contributed by atoms with van der Waals surface area (Å²) in [7, 11) is 1.91. The lowest BCUT2D eigenvalue weighted by atomic mass is 10.0. The van der Waals surface area contributed by atoms with E-state index in [0.29, 0.717) is 23.8 Å². The predicted molar refractivity (Wildman–Crippen MR) is 86.1 cm³/mol. The van der Waals surface area contributed by atoms with Crippen LogP contribution in [0, 0.1) is 6.92 Å². The van der Waals surface area contributed by atoms with Crippen molar-refractivity contribution in [2.75, 3.05) is 7.05 Å². The van der Waals surface area contributed by atoms with Crippen molar-refractivity contribution in [1.29, 1.82) is 0 Å². The van der Waals surface area contributed by atoms with E-state index in [9.17, 15) is 0 Å². The Bertz CT molecular complexity index is 821. The average molecular weight is 315 g/mol. The van der Waals surface area contributed by atoms with Gasteiger partial charge in [-0.25, -0.2) is 4.98 Å². The van der Waals surface area contributed by atoms with Crippen LogP contribution in [-0.4, -0.2) is 33.4 Å². The van der Waals surface area contributed by atoms with Crippen LogP contribution in [0.1, 0.15) is 43.9 Å².